The van der Waals surface area contributed by atoms with Crippen LogP contribution in [0.15, 0.2) is 65.2 Å². The van der Waals surface area contributed by atoms with Gasteiger partial charge >= 0.3 is 0 Å². The normalized spacial score (nSPS) is 17.8. The molecule has 2 N–H and O–H groups in total. The Balaban J connectivity index is 1.02. The Kier molecular flexibility index (Phi) is 7.74. The summed E-state index contributed by atoms with van der Waals surface area (Å²) in [5.41, 5.74) is 0.800. The van der Waals surface area contributed by atoms with E-state index in [1.54, 1.807) is 30.7 Å². The minimum Gasteiger partial charge on any atom is -0.374 e. The number of hydrogen-bond acceptors (Lipinski definition) is 12. The number of halogens is 1. The molecule has 1 atom stereocenters. The minimum absolute atomic E-state index is 0.107. The van der Waals surface area contributed by atoms with Gasteiger partial charge in [-0.1, -0.05) is 23.9 Å². The third-order valence-corrected chi connectivity index (χ3v) is 7.37. The van der Waals surface area contributed by atoms with Crippen LogP contribution in [0.3, 0.4) is 0 Å². The number of benzene rings is 1. The van der Waals surface area contributed by atoms with Gasteiger partial charge in [0.1, 0.15) is 12.1 Å². The Morgan fingerprint density at radius 1 is 1.00 bits per heavy atom. The zero-order chi connectivity index (χ0) is 26.4. The van der Waals surface area contributed by atoms with Gasteiger partial charge < -0.3 is 25.2 Å². The van der Waals surface area contributed by atoms with E-state index in [1.807, 2.05) is 16.9 Å². The summed E-state index contributed by atoms with van der Waals surface area (Å²) in [5, 5.41) is 11.0. The number of ether oxygens (including phenoxy) is 1. The monoisotopic (exact) mass is 549 g/mol. The van der Waals surface area contributed by atoms with Crippen LogP contribution in [0.4, 0.5) is 27.9 Å². The topological polar surface area (TPSA) is 122 Å². The van der Waals surface area contributed by atoms with Gasteiger partial charge in [-0.05, 0) is 12.1 Å². The van der Waals surface area contributed by atoms with E-state index < -0.39 is 0 Å². The van der Waals surface area contributed by atoms with Crippen LogP contribution < -0.4 is 20.4 Å². The highest BCUT2D eigenvalue weighted by Gasteiger charge is 2.22. The average Bonchev–Trinajstić information content (AvgIpc) is 3.42. The fraction of sp³-hybridized carbons (Fsp3) is 0.360. The molecule has 1 aromatic carbocycles. The number of rotatable bonds is 8. The summed E-state index contributed by atoms with van der Waals surface area (Å²) in [4.78, 5) is 27.9. The summed E-state index contributed by atoms with van der Waals surface area (Å²) in [6.07, 6.45) is 8.75. The molecule has 5 heterocycles. The van der Waals surface area contributed by atoms with E-state index in [4.69, 9.17) is 4.74 Å². The van der Waals surface area contributed by atoms with Gasteiger partial charge in [0.2, 0.25) is 17.8 Å². The highest BCUT2D eigenvalue weighted by atomic mass is 32.2. The molecule has 1 unspecified atom stereocenters. The first-order valence-corrected chi connectivity index (χ1v) is 13.6. The molecule has 2 fully saturated rings. The van der Waals surface area contributed by atoms with Crippen LogP contribution >= 0.6 is 11.8 Å². The first kappa shape index (κ1) is 25.4. The van der Waals surface area contributed by atoms with E-state index in [1.165, 1.54) is 24.2 Å². The van der Waals surface area contributed by atoms with Crippen molar-refractivity contribution in [2.75, 3.05) is 61.0 Å². The predicted molar refractivity (Wildman–Crippen MR) is 145 cm³/mol. The summed E-state index contributed by atoms with van der Waals surface area (Å²) in [6.45, 7) is 5.97. The van der Waals surface area contributed by atoms with Crippen molar-refractivity contribution >= 4 is 35.3 Å². The molecule has 0 amide bonds. The smallest absolute Gasteiger partial charge is 0.232 e. The van der Waals surface area contributed by atoms with Gasteiger partial charge in [-0.25, -0.2) is 24.3 Å². The highest BCUT2D eigenvalue weighted by Crippen LogP contribution is 2.29. The lowest BCUT2D eigenvalue weighted by atomic mass is 10.3. The van der Waals surface area contributed by atoms with Crippen molar-refractivity contribution in [2.45, 2.75) is 22.4 Å². The van der Waals surface area contributed by atoms with Gasteiger partial charge in [0.25, 0.3) is 0 Å². The maximum Gasteiger partial charge on any atom is 0.232 e. The summed E-state index contributed by atoms with van der Waals surface area (Å²) >= 11 is 1.31. The van der Waals surface area contributed by atoms with E-state index >= 15 is 0 Å². The zero-order valence-corrected chi connectivity index (χ0v) is 22.0. The second-order valence-electron chi connectivity index (χ2n) is 9.11. The van der Waals surface area contributed by atoms with Gasteiger partial charge in [-0.3, -0.25) is 4.68 Å². The molecule has 0 aliphatic carbocycles. The summed E-state index contributed by atoms with van der Waals surface area (Å²) in [5.74, 6) is 1.47. The van der Waals surface area contributed by atoms with Crippen LogP contribution in [-0.4, -0.2) is 86.7 Å². The summed E-state index contributed by atoms with van der Waals surface area (Å²) in [6, 6.07) is 6.68. The number of hydrogen-bond donors (Lipinski definition) is 2. The first-order valence-electron chi connectivity index (χ1n) is 12.7. The van der Waals surface area contributed by atoms with E-state index in [2.05, 4.69) is 50.5 Å². The molecule has 4 aromatic rings. The molecule has 6 rings (SSSR count). The van der Waals surface area contributed by atoms with Crippen molar-refractivity contribution in [2.24, 2.45) is 0 Å². The maximum absolute atomic E-state index is 13.9. The number of morpholine rings is 1. The lowest BCUT2D eigenvalue weighted by Gasteiger charge is -2.34. The first-order chi connectivity index (χ1) is 19.2. The van der Waals surface area contributed by atoms with Crippen LogP contribution in [0.5, 0.6) is 0 Å². The zero-order valence-electron chi connectivity index (χ0n) is 21.1. The van der Waals surface area contributed by atoms with Crippen molar-refractivity contribution in [1.82, 2.24) is 40.0 Å². The number of nitrogens with zero attached hydrogens (tertiary/aromatic N) is 9. The lowest BCUT2D eigenvalue weighted by Crippen LogP contribution is -2.47. The Labute approximate surface area is 229 Å². The maximum atomic E-state index is 13.9. The van der Waals surface area contributed by atoms with Crippen LogP contribution in [0.1, 0.15) is 0 Å². The number of anilines is 4. The molecule has 3 aromatic heterocycles. The number of piperazine rings is 1. The van der Waals surface area contributed by atoms with Gasteiger partial charge in [-0.15, -0.1) is 0 Å². The van der Waals surface area contributed by atoms with Crippen molar-refractivity contribution in [3.8, 4) is 0 Å². The summed E-state index contributed by atoms with van der Waals surface area (Å²) in [7, 11) is 0. The molecule has 0 saturated carbocycles. The molecule has 0 bridgehead atoms. The van der Waals surface area contributed by atoms with Crippen LogP contribution in [0.25, 0.3) is 0 Å². The second-order valence-corrected chi connectivity index (χ2v) is 10.2. The third kappa shape index (κ3) is 6.41. The van der Waals surface area contributed by atoms with Gasteiger partial charge in [-0.2, -0.15) is 10.1 Å². The van der Waals surface area contributed by atoms with Gasteiger partial charge in [0.05, 0.1) is 31.1 Å². The molecule has 14 heteroatoms. The lowest BCUT2D eigenvalue weighted by molar-refractivity contribution is 0.0161. The Morgan fingerprint density at radius 2 is 1.79 bits per heavy atom. The van der Waals surface area contributed by atoms with Crippen molar-refractivity contribution in [3.05, 3.63) is 61.2 Å². The fourth-order valence-electron chi connectivity index (χ4n) is 4.39. The molecule has 2 saturated heterocycles. The standard InChI is InChI=1S/C25H28FN11OS/c26-21-3-1-2-4-22(21)39-20-13-28-24(29-14-20)35-6-8-36(9-7-35)25-31-17-30-23(34-25)33-18-11-32-37(15-18)16-19-12-27-5-10-38-19/h1-4,11,13-15,17,19,27H,5-10,12,16H2,(H,30,31,33,34). The average molecular weight is 550 g/mol. The highest BCUT2D eigenvalue weighted by molar-refractivity contribution is 7.99. The van der Waals surface area contributed by atoms with E-state index in [9.17, 15) is 4.39 Å². The van der Waals surface area contributed by atoms with Crippen LogP contribution in [0, 0.1) is 5.82 Å². The molecule has 2 aliphatic rings. The van der Waals surface area contributed by atoms with E-state index in [0.717, 1.165) is 36.8 Å². The predicted octanol–water partition coefficient (Wildman–Crippen LogP) is 2.21. The van der Waals surface area contributed by atoms with Crippen molar-refractivity contribution in [3.63, 3.8) is 0 Å². The minimum atomic E-state index is -0.253. The quantitative estimate of drug-likeness (QED) is 0.335. The van der Waals surface area contributed by atoms with Gasteiger partial charge in [0.15, 0.2) is 0 Å². The van der Waals surface area contributed by atoms with Gasteiger partial charge in [0, 0.05) is 67.7 Å². The molecular formula is C25H28FN11OS. The SMILES string of the molecule is Fc1ccccc1Sc1cnc(N2CCN(c3ncnc(Nc4cnn(CC5CNCCO5)c4)n3)CC2)nc1. The van der Waals surface area contributed by atoms with Crippen LogP contribution in [0.2, 0.25) is 0 Å². The van der Waals surface area contributed by atoms with E-state index in [-0.39, 0.29) is 11.9 Å². The summed E-state index contributed by atoms with van der Waals surface area (Å²) < 4.78 is 21.5. The Hall–Kier alpha value is -3.88. The van der Waals surface area contributed by atoms with Crippen molar-refractivity contribution in [1.29, 1.82) is 0 Å². The van der Waals surface area contributed by atoms with Crippen LogP contribution in [-0.2, 0) is 11.3 Å². The molecule has 202 valence electrons. The fourth-order valence-corrected chi connectivity index (χ4v) is 5.17. The second kappa shape index (κ2) is 11.9. The number of aromatic nitrogens is 7. The number of nitrogens with one attached hydrogen (secondary N) is 2. The third-order valence-electron chi connectivity index (χ3n) is 6.37. The molecular weight excluding hydrogens is 521 g/mol. The molecule has 12 nitrogen and oxygen atoms in total. The largest absolute Gasteiger partial charge is 0.374 e. The molecule has 39 heavy (non-hydrogen) atoms. The molecule has 2 aliphatic heterocycles. The van der Waals surface area contributed by atoms with E-state index in [0.29, 0.717) is 49.0 Å². The van der Waals surface area contributed by atoms with Crippen molar-refractivity contribution < 1.29 is 9.13 Å². The molecule has 0 radical (unpaired) electrons. The molecule has 0 spiro atoms. The Bertz CT molecular complexity index is 1370. The Morgan fingerprint density at radius 3 is 2.56 bits per heavy atom.